The van der Waals surface area contributed by atoms with Crippen molar-refractivity contribution in [3.8, 4) is 11.5 Å². The number of rotatable bonds is 9. The first-order chi connectivity index (χ1) is 15.6. The van der Waals surface area contributed by atoms with Crippen molar-refractivity contribution >= 4 is 17.6 Å². The molecule has 172 valence electrons. The Morgan fingerprint density at radius 1 is 1.06 bits per heavy atom. The Balaban J connectivity index is 1.61. The van der Waals surface area contributed by atoms with Crippen molar-refractivity contribution in [2.45, 2.75) is 45.7 Å². The minimum absolute atomic E-state index is 0.131. The first kappa shape index (κ1) is 23.4. The predicted octanol–water partition coefficient (Wildman–Crippen LogP) is 4.09. The summed E-state index contributed by atoms with van der Waals surface area (Å²) in [5.41, 5.74) is 2.87. The number of amides is 1. The molecule has 0 atom stereocenters. The molecule has 1 amide bonds. The Hall–Kier alpha value is -3.22. The van der Waals surface area contributed by atoms with Crippen LogP contribution in [0.3, 0.4) is 0 Å². The molecular weight excluding hydrogens is 404 g/mol. The molecule has 1 aliphatic rings. The van der Waals surface area contributed by atoms with Crippen LogP contribution in [0.15, 0.2) is 47.5 Å². The summed E-state index contributed by atoms with van der Waals surface area (Å²) in [5.74, 6) is 2.51. The van der Waals surface area contributed by atoms with Crippen LogP contribution in [0.5, 0.6) is 11.5 Å². The second-order valence-electron chi connectivity index (χ2n) is 7.90. The third-order valence-electron chi connectivity index (χ3n) is 5.62. The molecule has 7 heteroatoms. The highest BCUT2D eigenvalue weighted by Crippen LogP contribution is 2.26. The SMILES string of the molecule is CCNC(=NCc1cccc(NC(=O)C2CCCC2)c1)NCc1ccc(OC)cc1OC. The maximum absolute atomic E-state index is 12.4. The summed E-state index contributed by atoms with van der Waals surface area (Å²) in [4.78, 5) is 17.1. The van der Waals surface area contributed by atoms with Gasteiger partial charge in [-0.1, -0.05) is 25.0 Å². The average Bonchev–Trinajstić information content (AvgIpc) is 3.36. The number of guanidine groups is 1. The van der Waals surface area contributed by atoms with Gasteiger partial charge in [-0.05, 0) is 49.6 Å². The van der Waals surface area contributed by atoms with E-state index in [-0.39, 0.29) is 11.8 Å². The molecule has 0 bridgehead atoms. The van der Waals surface area contributed by atoms with Crippen molar-refractivity contribution in [1.29, 1.82) is 0 Å². The van der Waals surface area contributed by atoms with Gasteiger partial charge in [0.25, 0.3) is 0 Å². The summed E-state index contributed by atoms with van der Waals surface area (Å²) in [5, 5.41) is 9.69. The number of nitrogens with zero attached hydrogens (tertiary/aromatic N) is 1. The predicted molar refractivity (Wildman–Crippen MR) is 128 cm³/mol. The van der Waals surface area contributed by atoms with Crippen molar-refractivity contribution in [3.05, 3.63) is 53.6 Å². The van der Waals surface area contributed by atoms with E-state index in [2.05, 4.69) is 16.0 Å². The van der Waals surface area contributed by atoms with Crippen molar-refractivity contribution in [2.24, 2.45) is 10.9 Å². The van der Waals surface area contributed by atoms with Gasteiger partial charge in [-0.15, -0.1) is 0 Å². The van der Waals surface area contributed by atoms with E-state index < -0.39 is 0 Å². The first-order valence-corrected chi connectivity index (χ1v) is 11.3. The Bertz CT molecular complexity index is 923. The normalized spacial score (nSPS) is 14.2. The highest BCUT2D eigenvalue weighted by Gasteiger charge is 2.22. The van der Waals surface area contributed by atoms with Gasteiger partial charge in [0, 0.05) is 36.3 Å². The molecule has 1 fully saturated rings. The van der Waals surface area contributed by atoms with Crippen LogP contribution in [0.25, 0.3) is 0 Å². The van der Waals surface area contributed by atoms with Gasteiger partial charge in [0.1, 0.15) is 11.5 Å². The topological polar surface area (TPSA) is 84.0 Å². The minimum atomic E-state index is 0.131. The van der Waals surface area contributed by atoms with Crippen LogP contribution in [-0.4, -0.2) is 32.6 Å². The number of methoxy groups -OCH3 is 2. The molecule has 0 radical (unpaired) electrons. The van der Waals surface area contributed by atoms with Gasteiger partial charge in [0.2, 0.25) is 5.91 Å². The number of nitrogens with one attached hydrogen (secondary N) is 3. The van der Waals surface area contributed by atoms with E-state index in [0.29, 0.717) is 19.0 Å². The molecule has 1 saturated carbocycles. The van der Waals surface area contributed by atoms with Gasteiger partial charge >= 0.3 is 0 Å². The minimum Gasteiger partial charge on any atom is -0.497 e. The smallest absolute Gasteiger partial charge is 0.227 e. The van der Waals surface area contributed by atoms with Crippen LogP contribution in [0.1, 0.15) is 43.7 Å². The number of aliphatic imine (C=N–C) groups is 1. The van der Waals surface area contributed by atoms with Gasteiger partial charge < -0.3 is 25.4 Å². The Morgan fingerprint density at radius 3 is 2.59 bits per heavy atom. The zero-order valence-corrected chi connectivity index (χ0v) is 19.2. The zero-order chi connectivity index (χ0) is 22.8. The summed E-state index contributed by atoms with van der Waals surface area (Å²) in [6.07, 6.45) is 4.28. The van der Waals surface area contributed by atoms with Gasteiger partial charge in [0.05, 0.1) is 20.8 Å². The number of ether oxygens (including phenoxy) is 2. The van der Waals surface area contributed by atoms with Crippen LogP contribution in [0.2, 0.25) is 0 Å². The van der Waals surface area contributed by atoms with Crippen molar-refractivity contribution in [2.75, 3.05) is 26.1 Å². The monoisotopic (exact) mass is 438 g/mol. The number of benzene rings is 2. The van der Waals surface area contributed by atoms with Crippen molar-refractivity contribution in [1.82, 2.24) is 10.6 Å². The number of anilines is 1. The highest BCUT2D eigenvalue weighted by molar-refractivity contribution is 5.92. The van der Waals surface area contributed by atoms with E-state index in [1.807, 2.05) is 49.4 Å². The second-order valence-corrected chi connectivity index (χ2v) is 7.90. The van der Waals surface area contributed by atoms with E-state index in [1.165, 1.54) is 0 Å². The standard InChI is InChI=1S/C25H34N4O3/c1-4-26-25(28-17-20-12-13-22(31-2)15-23(20)32-3)27-16-18-8-7-11-21(14-18)29-24(30)19-9-5-6-10-19/h7-8,11-15,19H,4-6,9-10,16-17H2,1-3H3,(H,29,30)(H2,26,27,28). The lowest BCUT2D eigenvalue weighted by molar-refractivity contribution is -0.119. The summed E-state index contributed by atoms with van der Waals surface area (Å²) in [6.45, 7) is 3.85. The third-order valence-corrected chi connectivity index (χ3v) is 5.62. The van der Waals surface area contributed by atoms with Gasteiger partial charge in [0.15, 0.2) is 5.96 Å². The Labute approximate surface area is 190 Å². The quantitative estimate of drug-likeness (QED) is 0.406. The zero-order valence-electron chi connectivity index (χ0n) is 19.2. The molecule has 3 rings (SSSR count). The van der Waals surface area contributed by atoms with Gasteiger partial charge in [-0.3, -0.25) is 4.79 Å². The largest absolute Gasteiger partial charge is 0.497 e. The molecule has 32 heavy (non-hydrogen) atoms. The fraction of sp³-hybridized carbons (Fsp3) is 0.440. The van der Waals surface area contributed by atoms with E-state index in [1.54, 1.807) is 14.2 Å². The number of carbonyl (C=O) groups is 1. The summed E-state index contributed by atoms with van der Waals surface area (Å²) in [6, 6.07) is 13.7. The number of hydrogen-bond acceptors (Lipinski definition) is 4. The summed E-state index contributed by atoms with van der Waals surface area (Å²) >= 11 is 0. The summed E-state index contributed by atoms with van der Waals surface area (Å²) in [7, 11) is 3.29. The van der Waals surface area contributed by atoms with E-state index >= 15 is 0 Å². The Kier molecular flexibility index (Phi) is 8.78. The van der Waals surface area contributed by atoms with E-state index in [0.717, 1.165) is 60.5 Å². The second kappa shape index (κ2) is 12.0. The van der Waals surface area contributed by atoms with Gasteiger partial charge in [-0.25, -0.2) is 4.99 Å². The molecule has 2 aromatic rings. The molecule has 2 aromatic carbocycles. The van der Waals surface area contributed by atoms with Gasteiger partial charge in [-0.2, -0.15) is 0 Å². The fourth-order valence-corrected chi connectivity index (χ4v) is 3.87. The number of hydrogen-bond donors (Lipinski definition) is 3. The van der Waals surface area contributed by atoms with Crippen LogP contribution < -0.4 is 25.4 Å². The molecule has 1 aliphatic carbocycles. The Morgan fingerprint density at radius 2 is 1.88 bits per heavy atom. The van der Waals surface area contributed by atoms with Crippen molar-refractivity contribution in [3.63, 3.8) is 0 Å². The van der Waals surface area contributed by atoms with Crippen LogP contribution in [0.4, 0.5) is 5.69 Å². The van der Waals surface area contributed by atoms with Crippen molar-refractivity contribution < 1.29 is 14.3 Å². The maximum atomic E-state index is 12.4. The molecule has 0 saturated heterocycles. The lowest BCUT2D eigenvalue weighted by Crippen LogP contribution is -2.36. The molecule has 0 unspecified atom stereocenters. The lowest BCUT2D eigenvalue weighted by Gasteiger charge is -2.14. The van der Waals surface area contributed by atoms with Crippen LogP contribution >= 0.6 is 0 Å². The summed E-state index contributed by atoms with van der Waals surface area (Å²) < 4.78 is 10.7. The molecule has 0 aliphatic heterocycles. The molecule has 0 heterocycles. The highest BCUT2D eigenvalue weighted by atomic mass is 16.5. The van der Waals surface area contributed by atoms with Crippen LogP contribution in [0, 0.1) is 5.92 Å². The first-order valence-electron chi connectivity index (χ1n) is 11.3. The molecule has 0 aromatic heterocycles. The average molecular weight is 439 g/mol. The lowest BCUT2D eigenvalue weighted by atomic mass is 10.1. The third kappa shape index (κ3) is 6.64. The fourth-order valence-electron chi connectivity index (χ4n) is 3.87. The molecule has 3 N–H and O–H groups in total. The maximum Gasteiger partial charge on any atom is 0.227 e. The molecule has 0 spiro atoms. The van der Waals surface area contributed by atoms with Crippen LogP contribution in [-0.2, 0) is 17.9 Å². The van der Waals surface area contributed by atoms with E-state index in [9.17, 15) is 4.79 Å². The molecule has 7 nitrogen and oxygen atoms in total. The number of carbonyl (C=O) groups excluding carboxylic acids is 1. The van der Waals surface area contributed by atoms with E-state index in [4.69, 9.17) is 14.5 Å². The molecular formula is C25H34N4O3.